The van der Waals surface area contributed by atoms with E-state index in [4.69, 9.17) is 4.74 Å². The van der Waals surface area contributed by atoms with Gasteiger partial charge in [-0.05, 0) is 55.2 Å². The summed E-state index contributed by atoms with van der Waals surface area (Å²) >= 11 is 0. The van der Waals surface area contributed by atoms with Crippen molar-refractivity contribution < 1.29 is 4.74 Å². The molecule has 1 aliphatic rings. The minimum absolute atomic E-state index is 0.771. The molecule has 0 fully saturated rings. The molecular weight excluding hydrogens is 302 g/mol. The molecule has 0 saturated carbocycles. The van der Waals surface area contributed by atoms with Gasteiger partial charge in [-0.3, -0.25) is 0 Å². The van der Waals surface area contributed by atoms with Gasteiger partial charge in [-0.15, -0.1) is 15.3 Å². The van der Waals surface area contributed by atoms with Crippen LogP contribution in [0.1, 0.15) is 30.3 Å². The summed E-state index contributed by atoms with van der Waals surface area (Å²) in [6.07, 6.45) is 2.03. The van der Waals surface area contributed by atoms with Crippen LogP contribution in [0.5, 0.6) is 5.75 Å². The Kier molecular flexibility index (Phi) is 3.80. The van der Waals surface area contributed by atoms with E-state index in [-0.39, 0.29) is 0 Å². The van der Waals surface area contributed by atoms with Crippen molar-refractivity contribution in [3.05, 3.63) is 47.3 Å². The van der Waals surface area contributed by atoms with E-state index in [1.165, 1.54) is 11.1 Å². The first-order chi connectivity index (χ1) is 11.7. The van der Waals surface area contributed by atoms with Crippen LogP contribution in [0.2, 0.25) is 0 Å². The smallest absolute Gasteiger partial charge is 0.178 e. The van der Waals surface area contributed by atoms with Crippen LogP contribution in [0, 0.1) is 6.92 Å². The summed E-state index contributed by atoms with van der Waals surface area (Å²) in [6, 6.07) is 10.4. The maximum absolute atomic E-state index is 5.74. The van der Waals surface area contributed by atoms with Crippen molar-refractivity contribution in [2.75, 3.05) is 18.1 Å². The van der Waals surface area contributed by atoms with Gasteiger partial charge < -0.3 is 9.64 Å². The zero-order valence-electron chi connectivity index (χ0n) is 14.1. The van der Waals surface area contributed by atoms with E-state index in [1.807, 2.05) is 19.1 Å². The minimum atomic E-state index is 0.771. The van der Waals surface area contributed by atoms with Crippen LogP contribution in [-0.4, -0.2) is 33.0 Å². The van der Waals surface area contributed by atoms with Crippen LogP contribution in [0.4, 0.5) is 5.82 Å². The molecule has 0 amide bonds. The first kappa shape index (κ1) is 14.9. The lowest BCUT2D eigenvalue weighted by atomic mass is 9.99. The van der Waals surface area contributed by atoms with E-state index in [9.17, 15) is 0 Å². The number of ether oxygens (including phenoxy) is 1. The van der Waals surface area contributed by atoms with Crippen LogP contribution in [0.3, 0.4) is 0 Å². The largest absolute Gasteiger partial charge is 0.494 e. The van der Waals surface area contributed by atoms with Crippen molar-refractivity contribution >= 4 is 11.5 Å². The molecule has 0 N–H and O–H groups in total. The molecule has 1 aromatic carbocycles. The second-order valence-corrected chi connectivity index (χ2v) is 6.16. The molecule has 24 heavy (non-hydrogen) atoms. The third-order valence-electron chi connectivity index (χ3n) is 4.39. The molecule has 6 heteroatoms. The third-order valence-corrected chi connectivity index (χ3v) is 4.39. The molecule has 124 valence electrons. The molecule has 0 atom stereocenters. The Labute approximate surface area is 141 Å². The van der Waals surface area contributed by atoms with Gasteiger partial charge in [-0.25, -0.2) is 0 Å². The van der Waals surface area contributed by atoms with E-state index in [1.54, 1.807) is 4.52 Å². The second kappa shape index (κ2) is 6.11. The zero-order chi connectivity index (χ0) is 16.5. The fourth-order valence-corrected chi connectivity index (χ4v) is 3.09. The number of nitrogens with zero attached hydrogens (tertiary/aromatic N) is 5. The van der Waals surface area contributed by atoms with Crippen LogP contribution in [0.25, 0.3) is 5.65 Å². The normalized spacial score (nSPS) is 14.0. The SMILES string of the molecule is CCCOc1ccc2c(c1)CCN(c1ccc3nnc(C)n3n1)C2. The summed E-state index contributed by atoms with van der Waals surface area (Å²) in [5, 5.41) is 12.8. The van der Waals surface area contributed by atoms with E-state index >= 15 is 0 Å². The van der Waals surface area contributed by atoms with Crippen LogP contribution in [0.15, 0.2) is 30.3 Å². The van der Waals surface area contributed by atoms with Crippen LogP contribution >= 0.6 is 0 Å². The number of aromatic nitrogens is 4. The Morgan fingerprint density at radius 3 is 2.92 bits per heavy atom. The number of aryl methyl sites for hydroxylation is 1. The van der Waals surface area contributed by atoms with E-state index < -0.39 is 0 Å². The Bertz CT molecular complexity index is 873. The lowest BCUT2D eigenvalue weighted by Crippen LogP contribution is -2.31. The fraction of sp³-hybridized carbons (Fsp3) is 0.389. The van der Waals surface area contributed by atoms with Gasteiger partial charge in [0.2, 0.25) is 0 Å². The van der Waals surface area contributed by atoms with Gasteiger partial charge in [0.25, 0.3) is 0 Å². The Hall–Kier alpha value is -2.63. The molecule has 0 radical (unpaired) electrons. The minimum Gasteiger partial charge on any atom is -0.494 e. The van der Waals surface area contributed by atoms with Gasteiger partial charge in [0.05, 0.1) is 6.61 Å². The van der Waals surface area contributed by atoms with Crippen LogP contribution in [-0.2, 0) is 13.0 Å². The van der Waals surface area contributed by atoms with Gasteiger partial charge in [0.15, 0.2) is 11.5 Å². The standard InChI is InChI=1S/C18H21N5O/c1-3-10-24-16-5-4-15-12-22(9-8-14(15)11-16)18-7-6-17-20-19-13(2)23(17)21-18/h4-7,11H,3,8-10,12H2,1-2H3. The molecule has 3 heterocycles. The lowest BCUT2D eigenvalue weighted by molar-refractivity contribution is 0.317. The van der Waals surface area contributed by atoms with Gasteiger partial charge in [0, 0.05) is 13.1 Å². The fourth-order valence-electron chi connectivity index (χ4n) is 3.09. The summed E-state index contributed by atoms with van der Waals surface area (Å²) < 4.78 is 7.54. The average Bonchev–Trinajstić information content (AvgIpc) is 3.00. The molecule has 3 aromatic rings. The first-order valence-corrected chi connectivity index (χ1v) is 8.43. The van der Waals surface area contributed by atoms with Crippen molar-refractivity contribution in [2.45, 2.75) is 33.2 Å². The maximum Gasteiger partial charge on any atom is 0.178 e. The summed E-state index contributed by atoms with van der Waals surface area (Å²) in [7, 11) is 0. The van der Waals surface area contributed by atoms with Crippen molar-refractivity contribution in [1.82, 2.24) is 19.8 Å². The number of benzene rings is 1. The topological polar surface area (TPSA) is 55.5 Å². The van der Waals surface area contributed by atoms with Gasteiger partial charge in [-0.1, -0.05) is 13.0 Å². The molecule has 0 unspecified atom stereocenters. The van der Waals surface area contributed by atoms with E-state index in [0.717, 1.165) is 55.6 Å². The highest BCUT2D eigenvalue weighted by atomic mass is 16.5. The number of hydrogen-bond acceptors (Lipinski definition) is 5. The van der Waals surface area contributed by atoms with Crippen LogP contribution < -0.4 is 9.64 Å². The lowest BCUT2D eigenvalue weighted by Gasteiger charge is -2.30. The molecule has 0 aliphatic carbocycles. The highest BCUT2D eigenvalue weighted by Gasteiger charge is 2.19. The number of fused-ring (bicyclic) bond motifs is 2. The highest BCUT2D eigenvalue weighted by molar-refractivity contribution is 5.49. The molecule has 6 nitrogen and oxygen atoms in total. The van der Waals surface area contributed by atoms with Crippen molar-refractivity contribution in [3.63, 3.8) is 0 Å². The van der Waals surface area contributed by atoms with Gasteiger partial charge >= 0.3 is 0 Å². The third kappa shape index (κ3) is 2.68. The molecule has 1 aliphatic heterocycles. The summed E-state index contributed by atoms with van der Waals surface area (Å²) in [4.78, 5) is 2.30. The first-order valence-electron chi connectivity index (χ1n) is 8.43. The zero-order valence-corrected chi connectivity index (χ0v) is 14.1. The molecule has 2 aromatic heterocycles. The van der Waals surface area contributed by atoms with E-state index in [0.29, 0.717) is 0 Å². The Balaban J connectivity index is 1.57. The monoisotopic (exact) mass is 323 g/mol. The average molecular weight is 323 g/mol. The molecule has 0 saturated heterocycles. The highest BCUT2D eigenvalue weighted by Crippen LogP contribution is 2.26. The Morgan fingerprint density at radius 1 is 1.12 bits per heavy atom. The summed E-state index contributed by atoms with van der Waals surface area (Å²) in [5.41, 5.74) is 3.50. The van der Waals surface area contributed by atoms with Gasteiger partial charge in [-0.2, -0.15) is 4.52 Å². The molecule has 0 bridgehead atoms. The quantitative estimate of drug-likeness (QED) is 0.739. The summed E-state index contributed by atoms with van der Waals surface area (Å²) in [6.45, 7) is 6.62. The van der Waals surface area contributed by atoms with Crippen molar-refractivity contribution in [3.8, 4) is 5.75 Å². The molecule has 4 rings (SSSR count). The van der Waals surface area contributed by atoms with Gasteiger partial charge in [0.1, 0.15) is 11.6 Å². The second-order valence-electron chi connectivity index (χ2n) is 6.16. The maximum atomic E-state index is 5.74. The summed E-state index contributed by atoms with van der Waals surface area (Å²) in [5.74, 6) is 2.74. The number of hydrogen-bond donors (Lipinski definition) is 0. The predicted molar refractivity (Wildman–Crippen MR) is 92.5 cm³/mol. The van der Waals surface area contributed by atoms with Crippen molar-refractivity contribution in [2.24, 2.45) is 0 Å². The van der Waals surface area contributed by atoms with E-state index in [2.05, 4.69) is 45.3 Å². The molecule has 0 spiro atoms. The predicted octanol–water partition coefficient (Wildman–Crippen LogP) is 2.78. The Morgan fingerprint density at radius 2 is 2.04 bits per heavy atom. The number of rotatable bonds is 4. The molecular formula is C18H21N5O. The number of anilines is 1. The van der Waals surface area contributed by atoms with Crippen molar-refractivity contribution in [1.29, 1.82) is 0 Å².